The van der Waals surface area contributed by atoms with E-state index in [2.05, 4.69) is 49.9 Å². The molecule has 0 aliphatic carbocycles. The molecule has 11 nitrogen and oxygen atoms in total. The lowest BCUT2D eigenvalue weighted by atomic mass is 9.83. The van der Waals surface area contributed by atoms with E-state index in [-0.39, 0.29) is 55.8 Å². The molecule has 0 saturated carbocycles. The van der Waals surface area contributed by atoms with Crippen LogP contribution in [-0.4, -0.2) is 99.9 Å². The molecule has 3 amide bonds. The number of benzene rings is 2. The lowest BCUT2D eigenvalue weighted by Crippen LogP contribution is -2.47. The number of alkyl carbamates (subject to hydrolysis) is 1. The van der Waals surface area contributed by atoms with Crippen molar-refractivity contribution < 1.29 is 37.4 Å². The van der Waals surface area contributed by atoms with Crippen LogP contribution in [0.15, 0.2) is 60.8 Å². The van der Waals surface area contributed by atoms with E-state index in [0.29, 0.717) is 30.9 Å². The van der Waals surface area contributed by atoms with Gasteiger partial charge < -0.3 is 35.3 Å². The van der Waals surface area contributed by atoms with Crippen LogP contribution in [0.5, 0.6) is 0 Å². The van der Waals surface area contributed by atoms with E-state index in [1.54, 1.807) is 11.1 Å². The Morgan fingerprint density at radius 3 is 2.18 bits per heavy atom. The molecule has 1 aromatic heterocycles. The normalized spacial score (nSPS) is 13.0. The number of thioether (sulfide) groups is 1. The standard InChI is InChI=1S/C44H67F2N5O6SSi2/c1-44(2,3)41(38-26-33(35-27-34(45)16-17-36(35)46)30-50(38)29-32-14-11-10-12-15-32)51(20-13-19-48-43(55)57-22-25-60(7,8)9)40(53)31-58-23-18-39(52)49-37(28-47)42(54)56-21-24-59(4,5)6/h10-12,14-17,26-27,30,37,41H,13,18-25,28-29,31,47H2,1-9H3,(H,48,55)(H,49,52)/t37-,41+/m1/s1. The van der Waals surface area contributed by atoms with Crippen LogP contribution >= 0.6 is 11.8 Å². The summed E-state index contributed by atoms with van der Waals surface area (Å²) in [5.74, 6) is -1.95. The molecule has 2 atom stereocenters. The van der Waals surface area contributed by atoms with E-state index >= 15 is 4.39 Å². The summed E-state index contributed by atoms with van der Waals surface area (Å²) in [5.41, 5.74) is 7.52. The molecule has 332 valence electrons. The maximum absolute atomic E-state index is 15.3. The van der Waals surface area contributed by atoms with E-state index in [1.165, 1.54) is 17.8 Å². The highest BCUT2D eigenvalue weighted by Gasteiger charge is 2.37. The van der Waals surface area contributed by atoms with Crippen LogP contribution < -0.4 is 16.4 Å². The second kappa shape index (κ2) is 23.3. The van der Waals surface area contributed by atoms with Gasteiger partial charge in [-0.15, -0.1) is 0 Å². The number of aromatic nitrogens is 1. The average molecular weight is 888 g/mol. The van der Waals surface area contributed by atoms with Gasteiger partial charge in [-0.3, -0.25) is 9.59 Å². The second-order valence-electron chi connectivity index (χ2n) is 18.6. The van der Waals surface area contributed by atoms with E-state index in [4.69, 9.17) is 15.2 Å². The Morgan fingerprint density at radius 1 is 0.917 bits per heavy atom. The largest absolute Gasteiger partial charge is 0.464 e. The molecule has 3 aromatic rings. The van der Waals surface area contributed by atoms with Crippen molar-refractivity contribution in [2.75, 3.05) is 44.4 Å². The van der Waals surface area contributed by atoms with E-state index in [0.717, 1.165) is 35.5 Å². The number of ether oxygens (including phenoxy) is 2. The number of amides is 3. The molecule has 1 heterocycles. The molecule has 0 bridgehead atoms. The summed E-state index contributed by atoms with van der Waals surface area (Å²) >= 11 is 1.29. The Morgan fingerprint density at radius 2 is 1.57 bits per heavy atom. The first kappa shape index (κ1) is 50.4. The quantitative estimate of drug-likeness (QED) is 0.0490. The highest BCUT2D eigenvalue weighted by Crippen LogP contribution is 2.41. The van der Waals surface area contributed by atoms with Crippen molar-refractivity contribution in [2.24, 2.45) is 11.1 Å². The van der Waals surface area contributed by atoms with E-state index < -0.39 is 57.3 Å². The van der Waals surface area contributed by atoms with Gasteiger partial charge in [0, 0.05) is 77.5 Å². The molecule has 4 N–H and O–H groups in total. The number of nitrogens with two attached hydrogens (primary N) is 1. The van der Waals surface area contributed by atoms with Crippen molar-refractivity contribution in [3.63, 3.8) is 0 Å². The molecule has 0 aliphatic rings. The van der Waals surface area contributed by atoms with Gasteiger partial charge in [0.25, 0.3) is 0 Å². The van der Waals surface area contributed by atoms with Gasteiger partial charge in [0.15, 0.2) is 0 Å². The molecule has 0 spiro atoms. The summed E-state index contributed by atoms with van der Waals surface area (Å²) in [6, 6.07) is 15.1. The van der Waals surface area contributed by atoms with Gasteiger partial charge in [-0.1, -0.05) is 90.4 Å². The van der Waals surface area contributed by atoms with Gasteiger partial charge in [-0.05, 0) is 53.8 Å². The third kappa shape index (κ3) is 17.5. The Balaban J connectivity index is 1.86. The first-order chi connectivity index (χ1) is 28.1. The molecular formula is C44H67F2N5O6SSi2. The molecule has 0 saturated heterocycles. The number of halogens is 2. The SMILES string of the molecule is CC(C)(C)[C@H](c1cc(-c2cc(F)ccc2F)cn1Cc1ccccc1)N(CCCNC(=O)OCC[Si](C)(C)C)C(=O)CSCCC(=O)N[C@H](CN)C(=O)OCC[Si](C)(C)C. The highest BCUT2D eigenvalue weighted by molar-refractivity contribution is 7.99. The molecule has 0 unspecified atom stereocenters. The molecule has 16 heteroatoms. The lowest BCUT2D eigenvalue weighted by molar-refractivity contribution is -0.147. The average Bonchev–Trinajstić information content (AvgIpc) is 3.55. The van der Waals surface area contributed by atoms with Gasteiger partial charge in [0.1, 0.15) is 17.7 Å². The highest BCUT2D eigenvalue weighted by atomic mass is 32.2. The van der Waals surface area contributed by atoms with Gasteiger partial charge in [-0.2, -0.15) is 11.8 Å². The fraction of sp³-hybridized carbons (Fsp3) is 0.545. The van der Waals surface area contributed by atoms with E-state index in [1.807, 2.05) is 61.7 Å². The third-order valence-corrected chi connectivity index (χ3v) is 14.0. The number of carbonyl (C=O) groups excluding carboxylic acids is 4. The molecule has 3 rings (SSSR count). The number of nitrogens with one attached hydrogen (secondary N) is 2. The molecule has 0 radical (unpaired) electrons. The minimum atomic E-state index is -1.42. The molecule has 60 heavy (non-hydrogen) atoms. The van der Waals surface area contributed by atoms with Crippen molar-refractivity contribution in [3.05, 3.63) is 83.7 Å². The Hall–Kier alpha value is -4.00. The number of hydrogen-bond donors (Lipinski definition) is 3. The third-order valence-electron chi connectivity index (χ3n) is 9.68. The fourth-order valence-electron chi connectivity index (χ4n) is 6.40. The zero-order chi connectivity index (χ0) is 44.7. The summed E-state index contributed by atoms with van der Waals surface area (Å²) in [6.45, 7) is 20.7. The molecule has 0 fully saturated rings. The van der Waals surface area contributed by atoms with Gasteiger partial charge in [0.05, 0.1) is 25.0 Å². The number of esters is 1. The zero-order valence-corrected chi connectivity index (χ0v) is 39.8. The number of hydrogen-bond acceptors (Lipinski definition) is 8. The minimum absolute atomic E-state index is 0.0375. The second-order valence-corrected chi connectivity index (χ2v) is 31.0. The molecule has 0 aliphatic heterocycles. The van der Waals surface area contributed by atoms with Crippen molar-refractivity contribution in [1.29, 1.82) is 0 Å². The smallest absolute Gasteiger partial charge is 0.407 e. The van der Waals surface area contributed by atoms with Crippen LogP contribution in [0.3, 0.4) is 0 Å². The van der Waals surface area contributed by atoms with Gasteiger partial charge in [-0.25, -0.2) is 18.4 Å². The first-order valence-electron chi connectivity index (χ1n) is 20.7. The number of rotatable bonds is 23. The lowest BCUT2D eigenvalue weighted by Gasteiger charge is -2.41. The van der Waals surface area contributed by atoms with Crippen molar-refractivity contribution in [1.82, 2.24) is 20.1 Å². The summed E-state index contributed by atoms with van der Waals surface area (Å²) in [7, 11) is -2.81. The molecule has 2 aromatic carbocycles. The monoisotopic (exact) mass is 887 g/mol. The van der Waals surface area contributed by atoms with Crippen LogP contribution in [0.25, 0.3) is 11.1 Å². The first-order valence-corrected chi connectivity index (χ1v) is 29.3. The fourth-order valence-corrected chi connectivity index (χ4v) is 8.64. The van der Waals surface area contributed by atoms with Gasteiger partial charge >= 0.3 is 12.1 Å². The van der Waals surface area contributed by atoms with Crippen LogP contribution in [0, 0.1) is 17.0 Å². The van der Waals surface area contributed by atoms with Crippen LogP contribution in [0.2, 0.25) is 51.4 Å². The van der Waals surface area contributed by atoms with Crippen molar-refractivity contribution >= 4 is 51.8 Å². The van der Waals surface area contributed by atoms with E-state index in [9.17, 15) is 23.6 Å². The Bertz CT molecular complexity index is 1860. The van der Waals surface area contributed by atoms with Gasteiger partial charge in [0.2, 0.25) is 11.8 Å². The minimum Gasteiger partial charge on any atom is -0.464 e. The molecular weight excluding hydrogens is 821 g/mol. The summed E-state index contributed by atoms with van der Waals surface area (Å²) in [6.07, 6.45) is 1.74. The van der Waals surface area contributed by atoms with Crippen LogP contribution in [-0.2, 0) is 30.4 Å². The predicted molar refractivity (Wildman–Crippen MR) is 243 cm³/mol. The van der Waals surface area contributed by atoms with Crippen molar-refractivity contribution in [3.8, 4) is 11.1 Å². The Labute approximate surface area is 361 Å². The number of carbonyl (C=O) groups is 4. The Kier molecular flexibility index (Phi) is 19.5. The topological polar surface area (TPSA) is 145 Å². The van der Waals surface area contributed by atoms with Crippen LogP contribution in [0.1, 0.15) is 50.9 Å². The summed E-state index contributed by atoms with van der Waals surface area (Å²) < 4.78 is 42.5. The van der Waals surface area contributed by atoms with Crippen LogP contribution in [0.4, 0.5) is 13.6 Å². The zero-order valence-electron chi connectivity index (χ0n) is 37.0. The number of nitrogens with zero attached hydrogens (tertiary/aromatic N) is 2. The summed E-state index contributed by atoms with van der Waals surface area (Å²) in [4.78, 5) is 54.2. The van der Waals surface area contributed by atoms with Crippen molar-refractivity contribution in [2.45, 2.75) is 104 Å². The maximum Gasteiger partial charge on any atom is 0.407 e. The predicted octanol–water partition coefficient (Wildman–Crippen LogP) is 8.30. The summed E-state index contributed by atoms with van der Waals surface area (Å²) in [5, 5.41) is 5.48. The maximum atomic E-state index is 15.3.